The van der Waals surface area contributed by atoms with Crippen LogP contribution in [0, 0.1) is 11.3 Å². The molecule has 23 heavy (non-hydrogen) atoms. The van der Waals surface area contributed by atoms with Gasteiger partial charge in [0.25, 0.3) is 5.22 Å². The van der Waals surface area contributed by atoms with Crippen LogP contribution in [-0.4, -0.2) is 16.1 Å². The van der Waals surface area contributed by atoms with Crippen LogP contribution in [0.25, 0.3) is 11.1 Å². The molecule has 0 spiro atoms. The molecule has 0 radical (unpaired) electrons. The maximum atomic E-state index is 12.3. The third-order valence-electron chi connectivity index (χ3n) is 3.23. The Morgan fingerprint density at radius 1 is 1.26 bits per heavy atom. The van der Waals surface area contributed by atoms with E-state index in [1.807, 2.05) is 24.3 Å². The van der Waals surface area contributed by atoms with Gasteiger partial charge in [-0.1, -0.05) is 36.0 Å². The second-order valence-electron chi connectivity index (χ2n) is 4.85. The first-order chi connectivity index (χ1) is 11.2. The maximum absolute atomic E-state index is 12.3. The zero-order valence-corrected chi connectivity index (χ0v) is 13.1. The first-order valence-electron chi connectivity index (χ1n) is 6.99. The van der Waals surface area contributed by atoms with Gasteiger partial charge >= 0.3 is 0 Å². The van der Waals surface area contributed by atoms with Crippen LogP contribution in [0.15, 0.2) is 58.2 Å². The number of nitrogens with zero attached hydrogens (tertiary/aromatic N) is 2. The molecule has 0 saturated carbocycles. The fraction of sp³-hybridized carbons (Fsp3) is 0.118. The Kier molecular flexibility index (Phi) is 4.31. The number of oxazole rings is 1. The summed E-state index contributed by atoms with van der Waals surface area (Å²) >= 11 is 1.24. The van der Waals surface area contributed by atoms with Gasteiger partial charge in [-0.2, -0.15) is 5.26 Å². The lowest BCUT2D eigenvalue weighted by Crippen LogP contribution is -2.22. The van der Waals surface area contributed by atoms with Gasteiger partial charge in [0.2, 0.25) is 5.91 Å². The third-order valence-corrected chi connectivity index (χ3v) is 4.17. The van der Waals surface area contributed by atoms with Gasteiger partial charge in [0, 0.05) is 0 Å². The molecule has 3 aromatic rings. The van der Waals surface area contributed by atoms with Crippen molar-refractivity contribution in [1.82, 2.24) is 4.98 Å². The summed E-state index contributed by atoms with van der Waals surface area (Å²) in [4.78, 5) is 16.6. The number of hydrogen-bond acceptors (Lipinski definition) is 5. The van der Waals surface area contributed by atoms with Crippen molar-refractivity contribution in [3.63, 3.8) is 0 Å². The summed E-state index contributed by atoms with van der Waals surface area (Å²) in [5.74, 6) is -0.208. The largest absolute Gasteiger partial charge is 0.431 e. The topological polar surface area (TPSA) is 78.9 Å². The van der Waals surface area contributed by atoms with Crippen molar-refractivity contribution in [2.45, 2.75) is 17.4 Å². The van der Waals surface area contributed by atoms with E-state index in [-0.39, 0.29) is 5.91 Å². The van der Waals surface area contributed by atoms with Gasteiger partial charge in [-0.05, 0) is 31.2 Å². The van der Waals surface area contributed by atoms with E-state index in [0.29, 0.717) is 22.1 Å². The maximum Gasteiger partial charge on any atom is 0.257 e. The molecule has 2 aromatic carbocycles. The van der Waals surface area contributed by atoms with Gasteiger partial charge in [-0.25, -0.2) is 4.98 Å². The Bertz CT molecular complexity index is 865. The molecular weight excluding hydrogens is 310 g/mol. The van der Waals surface area contributed by atoms with E-state index in [4.69, 9.17) is 9.68 Å². The molecule has 6 heteroatoms. The lowest BCUT2D eigenvalue weighted by Gasteiger charge is -2.10. The number of carbonyl (C=O) groups is 1. The highest BCUT2D eigenvalue weighted by molar-refractivity contribution is 8.00. The Labute approximate surface area is 137 Å². The Hall–Kier alpha value is -2.78. The number of anilines is 1. The van der Waals surface area contributed by atoms with Crippen LogP contribution in [0.2, 0.25) is 0 Å². The number of rotatable bonds is 4. The van der Waals surface area contributed by atoms with E-state index in [1.54, 1.807) is 31.2 Å². The molecule has 1 amide bonds. The number of nitrogens with one attached hydrogen (secondary N) is 1. The normalized spacial score (nSPS) is 11.8. The summed E-state index contributed by atoms with van der Waals surface area (Å²) in [5.41, 5.74) is 2.39. The highest BCUT2D eigenvalue weighted by atomic mass is 32.2. The highest BCUT2D eigenvalue weighted by Crippen LogP contribution is 2.27. The van der Waals surface area contributed by atoms with E-state index in [9.17, 15) is 4.79 Å². The molecule has 1 N–H and O–H groups in total. The minimum absolute atomic E-state index is 0.208. The van der Waals surface area contributed by atoms with Crippen molar-refractivity contribution in [2.75, 3.05) is 5.32 Å². The van der Waals surface area contributed by atoms with Gasteiger partial charge in [-0.3, -0.25) is 4.79 Å². The number of carbonyl (C=O) groups excluding carboxylic acids is 1. The van der Waals surface area contributed by atoms with Crippen molar-refractivity contribution >= 4 is 34.5 Å². The number of benzene rings is 2. The fourth-order valence-corrected chi connectivity index (χ4v) is 2.79. The van der Waals surface area contributed by atoms with Gasteiger partial charge in [-0.15, -0.1) is 0 Å². The van der Waals surface area contributed by atoms with Crippen LogP contribution in [0.1, 0.15) is 12.5 Å². The average Bonchev–Trinajstić information content (AvgIpc) is 2.97. The monoisotopic (exact) mass is 323 g/mol. The number of aromatic nitrogens is 1. The average molecular weight is 323 g/mol. The highest BCUT2D eigenvalue weighted by Gasteiger charge is 2.19. The van der Waals surface area contributed by atoms with Crippen LogP contribution in [-0.2, 0) is 4.79 Å². The number of para-hydroxylation sites is 3. The Morgan fingerprint density at radius 3 is 2.78 bits per heavy atom. The minimum Gasteiger partial charge on any atom is -0.431 e. The summed E-state index contributed by atoms with van der Waals surface area (Å²) in [6.45, 7) is 1.77. The zero-order chi connectivity index (χ0) is 16.2. The van der Waals surface area contributed by atoms with Crippen LogP contribution in [0.5, 0.6) is 0 Å². The molecule has 0 fully saturated rings. The molecule has 3 rings (SSSR count). The molecular formula is C17H13N3O2S. The molecule has 1 heterocycles. The number of fused-ring (bicyclic) bond motifs is 1. The van der Waals surface area contributed by atoms with Crippen molar-refractivity contribution in [3.05, 3.63) is 54.1 Å². The fourth-order valence-electron chi connectivity index (χ4n) is 2.03. The van der Waals surface area contributed by atoms with E-state index in [0.717, 1.165) is 5.52 Å². The van der Waals surface area contributed by atoms with Crippen molar-refractivity contribution in [1.29, 1.82) is 5.26 Å². The smallest absolute Gasteiger partial charge is 0.257 e. The zero-order valence-electron chi connectivity index (χ0n) is 12.3. The van der Waals surface area contributed by atoms with Crippen molar-refractivity contribution in [3.8, 4) is 6.07 Å². The predicted molar refractivity (Wildman–Crippen MR) is 89.1 cm³/mol. The second-order valence-corrected chi connectivity index (χ2v) is 6.15. The number of hydrogen-bond donors (Lipinski definition) is 1. The summed E-state index contributed by atoms with van der Waals surface area (Å²) < 4.78 is 5.60. The van der Waals surface area contributed by atoms with Crippen LogP contribution >= 0.6 is 11.8 Å². The van der Waals surface area contributed by atoms with Gasteiger partial charge < -0.3 is 9.73 Å². The van der Waals surface area contributed by atoms with Crippen LogP contribution in [0.4, 0.5) is 5.69 Å². The standard InChI is InChI=1S/C17H13N3O2S/c1-11(16(21)19-13-7-3-2-6-12(13)10-18)23-17-20-14-8-4-5-9-15(14)22-17/h2-9,11H,1H3,(H,19,21)/t11-/m1/s1. The molecule has 0 aliphatic heterocycles. The van der Waals surface area contributed by atoms with Gasteiger partial charge in [0.15, 0.2) is 5.58 Å². The van der Waals surface area contributed by atoms with E-state index in [2.05, 4.69) is 16.4 Å². The lowest BCUT2D eigenvalue weighted by atomic mass is 10.2. The molecule has 1 atom stereocenters. The van der Waals surface area contributed by atoms with Crippen LogP contribution < -0.4 is 5.32 Å². The van der Waals surface area contributed by atoms with E-state index >= 15 is 0 Å². The molecule has 0 unspecified atom stereocenters. The van der Waals surface area contributed by atoms with E-state index in [1.165, 1.54) is 11.8 Å². The van der Waals surface area contributed by atoms with Crippen molar-refractivity contribution < 1.29 is 9.21 Å². The molecule has 0 bridgehead atoms. The molecule has 0 aliphatic rings. The summed E-state index contributed by atoms with van der Waals surface area (Å²) in [7, 11) is 0. The first kappa shape index (κ1) is 15.1. The predicted octanol–water partition coefficient (Wildman–Crippen LogP) is 3.82. The second kappa shape index (κ2) is 6.55. The third kappa shape index (κ3) is 3.35. The Balaban J connectivity index is 1.71. The molecule has 5 nitrogen and oxygen atoms in total. The summed E-state index contributed by atoms with van der Waals surface area (Å²) in [6, 6.07) is 16.4. The SMILES string of the molecule is C[C@@H](Sc1nc2ccccc2o1)C(=O)Nc1ccccc1C#N. The number of amides is 1. The van der Waals surface area contributed by atoms with Crippen molar-refractivity contribution in [2.24, 2.45) is 0 Å². The molecule has 0 aliphatic carbocycles. The molecule has 0 saturated heterocycles. The molecule has 1 aromatic heterocycles. The molecule has 114 valence electrons. The first-order valence-corrected chi connectivity index (χ1v) is 7.87. The van der Waals surface area contributed by atoms with Gasteiger partial charge in [0.05, 0.1) is 16.5 Å². The Morgan fingerprint density at radius 2 is 2.00 bits per heavy atom. The summed E-state index contributed by atoms with van der Waals surface area (Å²) in [5, 5.41) is 11.9. The van der Waals surface area contributed by atoms with E-state index < -0.39 is 5.25 Å². The quantitative estimate of drug-likeness (QED) is 0.738. The van der Waals surface area contributed by atoms with Crippen LogP contribution in [0.3, 0.4) is 0 Å². The lowest BCUT2D eigenvalue weighted by molar-refractivity contribution is -0.115. The summed E-state index contributed by atoms with van der Waals surface area (Å²) in [6.07, 6.45) is 0. The van der Waals surface area contributed by atoms with Gasteiger partial charge in [0.1, 0.15) is 11.6 Å². The number of thioether (sulfide) groups is 1. The number of nitriles is 1. The minimum atomic E-state index is -0.408.